The fourth-order valence-corrected chi connectivity index (χ4v) is 0.767. The highest BCUT2D eigenvalue weighted by atomic mass is 19.4. The Kier molecular flexibility index (Phi) is 2.62. The zero-order valence-corrected chi connectivity index (χ0v) is 6.30. The molecule has 1 heterocycles. The summed E-state index contributed by atoms with van der Waals surface area (Å²) < 4.78 is 36.4. The molecule has 0 spiro atoms. The molecule has 0 aliphatic carbocycles. The molecule has 1 aromatic rings. The summed E-state index contributed by atoms with van der Waals surface area (Å²) in [6, 6.07) is 3.47. The summed E-state index contributed by atoms with van der Waals surface area (Å²) in [7, 11) is 0. The number of nitrogens with zero attached hydrogens (tertiary/aromatic N) is 1. The Morgan fingerprint density at radius 3 is 2.25 bits per heavy atom. The molecular formula is C7H9F3N2. The van der Waals surface area contributed by atoms with Crippen LogP contribution in [0.2, 0.25) is 0 Å². The first-order valence-electron chi connectivity index (χ1n) is 3.51. The topological polar surface area (TPSA) is 17.0 Å². The number of aromatic nitrogens is 1. The van der Waals surface area contributed by atoms with Crippen molar-refractivity contribution in [3.63, 3.8) is 0 Å². The van der Waals surface area contributed by atoms with Crippen molar-refractivity contribution < 1.29 is 13.2 Å². The monoisotopic (exact) mass is 178 g/mol. The number of rotatable bonds is 3. The molecule has 0 aromatic carbocycles. The Hall–Kier alpha value is -1.13. The van der Waals surface area contributed by atoms with E-state index in [0.29, 0.717) is 0 Å². The minimum absolute atomic E-state index is 0.0990. The van der Waals surface area contributed by atoms with Gasteiger partial charge in [-0.15, -0.1) is 0 Å². The lowest BCUT2D eigenvalue weighted by Crippen LogP contribution is -2.20. The normalized spacial score (nSPS) is 11.6. The van der Waals surface area contributed by atoms with Crippen LogP contribution in [-0.4, -0.2) is 17.4 Å². The number of halogens is 3. The summed E-state index contributed by atoms with van der Waals surface area (Å²) in [6.45, 7) is -0.0990. The second-order valence-corrected chi connectivity index (χ2v) is 2.36. The largest absolute Gasteiger partial charge is 0.390 e. The summed E-state index contributed by atoms with van der Waals surface area (Å²) in [5, 5.41) is 0. The smallest absolute Gasteiger partial charge is 0.326 e. The van der Waals surface area contributed by atoms with Gasteiger partial charge in [0.1, 0.15) is 0 Å². The van der Waals surface area contributed by atoms with Gasteiger partial charge in [0.05, 0.1) is 6.42 Å². The minimum atomic E-state index is -4.08. The van der Waals surface area contributed by atoms with Crippen LogP contribution >= 0.6 is 0 Å². The molecule has 0 fully saturated rings. The molecule has 0 aliphatic rings. The predicted molar refractivity (Wildman–Crippen MR) is 39.3 cm³/mol. The number of nitrogens with one attached hydrogen (secondary N) is 1. The van der Waals surface area contributed by atoms with E-state index in [4.69, 9.17) is 0 Å². The van der Waals surface area contributed by atoms with Crippen LogP contribution in [0.15, 0.2) is 24.5 Å². The van der Waals surface area contributed by atoms with Crippen LogP contribution in [0.5, 0.6) is 0 Å². The van der Waals surface area contributed by atoms with Crippen LogP contribution in [-0.2, 0) is 0 Å². The Bertz CT molecular complexity index is 215. The van der Waals surface area contributed by atoms with Gasteiger partial charge < -0.3 is 5.43 Å². The van der Waals surface area contributed by atoms with Gasteiger partial charge in [-0.1, -0.05) is 0 Å². The van der Waals surface area contributed by atoms with Crippen LogP contribution in [0.25, 0.3) is 0 Å². The predicted octanol–water partition coefficient (Wildman–Crippen LogP) is 1.98. The molecule has 12 heavy (non-hydrogen) atoms. The molecule has 0 saturated carbocycles. The summed E-state index contributed by atoms with van der Waals surface area (Å²) in [6.07, 6.45) is -1.60. The van der Waals surface area contributed by atoms with E-state index in [0.717, 1.165) is 0 Å². The van der Waals surface area contributed by atoms with Gasteiger partial charge in [0.2, 0.25) is 0 Å². The summed E-state index contributed by atoms with van der Waals surface area (Å²) in [5.74, 6) is 0. The van der Waals surface area contributed by atoms with Crippen molar-refractivity contribution in [2.45, 2.75) is 12.6 Å². The van der Waals surface area contributed by atoms with Crippen molar-refractivity contribution in [3.8, 4) is 0 Å². The lowest BCUT2D eigenvalue weighted by Gasteiger charge is -2.08. The fourth-order valence-electron chi connectivity index (χ4n) is 0.767. The summed E-state index contributed by atoms with van der Waals surface area (Å²) >= 11 is 0. The molecule has 1 aromatic heterocycles. The molecule has 0 unspecified atom stereocenters. The number of hydrogen-bond acceptors (Lipinski definition) is 1. The van der Waals surface area contributed by atoms with Crippen molar-refractivity contribution in [2.75, 3.05) is 12.0 Å². The maximum atomic E-state index is 11.6. The van der Waals surface area contributed by atoms with E-state index < -0.39 is 12.6 Å². The molecule has 2 nitrogen and oxygen atoms in total. The fraction of sp³-hybridized carbons (Fsp3) is 0.429. The van der Waals surface area contributed by atoms with Crippen molar-refractivity contribution in [1.29, 1.82) is 0 Å². The quantitative estimate of drug-likeness (QED) is 0.748. The van der Waals surface area contributed by atoms with Gasteiger partial charge in [-0.3, -0.25) is 4.68 Å². The second kappa shape index (κ2) is 3.51. The third-order valence-electron chi connectivity index (χ3n) is 1.31. The highest BCUT2D eigenvalue weighted by molar-refractivity contribution is 4.93. The molecular weight excluding hydrogens is 169 g/mol. The maximum Gasteiger partial charge on any atom is 0.390 e. The van der Waals surface area contributed by atoms with Crippen LogP contribution in [0.4, 0.5) is 13.2 Å². The molecule has 68 valence electrons. The average molecular weight is 178 g/mol. The van der Waals surface area contributed by atoms with E-state index in [1.54, 1.807) is 24.5 Å². The molecule has 0 radical (unpaired) electrons. The zero-order chi connectivity index (χ0) is 9.03. The Balaban J connectivity index is 2.20. The molecule has 0 aliphatic heterocycles. The van der Waals surface area contributed by atoms with Gasteiger partial charge in [0.15, 0.2) is 0 Å². The van der Waals surface area contributed by atoms with Crippen LogP contribution in [0.1, 0.15) is 6.42 Å². The summed E-state index contributed by atoms with van der Waals surface area (Å²) in [5.41, 5.74) is 2.58. The van der Waals surface area contributed by atoms with E-state index >= 15 is 0 Å². The molecule has 1 N–H and O–H groups in total. The van der Waals surface area contributed by atoms with Crippen LogP contribution in [0, 0.1) is 0 Å². The molecule has 1 rings (SSSR count). The van der Waals surface area contributed by atoms with Crippen molar-refractivity contribution in [2.24, 2.45) is 0 Å². The molecule has 0 atom stereocenters. The average Bonchev–Trinajstić information content (AvgIpc) is 2.36. The SMILES string of the molecule is FC(F)(F)CCNn1cccc1. The zero-order valence-electron chi connectivity index (χ0n) is 6.30. The van der Waals surface area contributed by atoms with Crippen molar-refractivity contribution >= 4 is 0 Å². The Morgan fingerprint density at radius 1 is 1.17 bits per heavy atom. The lowest BCUT2D eigenvalue weighted by molar-refractivity contribution is -0.131. The first kappa shape index (κ1) is 8.96. The third-order valence-corrected chi connectivity index (χ3v) is 1.31. The van der Waals surface area contributed by atoms with E-state index in [9.17, 15) is 13.2 Å². The molecule has 0 bridgehead atoms. The van der Waals surface area contributed by atoms with Gasteiger partial charge in [-0.05, 0) is 12.1 Å². The van der Waals surface area contributed by atoms with Gasteiger partial charge in [-0.2, -0.15) is 13.2 Å². The van der Waals surface area contributed by atoms with Crippen LogP contribution in [0.3, 0.4) is 0 Å². The van der Waals surface area contributed by atoms with Gasteiger partial charge >= 0.3 is 6.18 Å². The van der Waals surface area contributed by atoms with E-state index in [-0.39, 0.29) is 6.54 Å². The third kappa shape index (κ3) is 3.32. The van der Waals surface area contributed by atoms with Gasteiger partial charge in [0.25, 0.3) is 0 Å². The summed E-state index contributed by atoms with van der Waals surface area (Å²) in [4.78, 5) is 0. The van der Waals surface area contributed by atoms with E-state index in [1.165, 1.54) is 4.68 Å². The highest BCUT2D eigenvalue weighted by Crippen LogP contribution is 2.18. The van der Waals surface area contributed by atoms with Gasteiger partial charge in [-0.25, -0.2) is 0 Å². The van der Waals surface area contributed by atoms with Gasteiger partial charge in [0, 0.05) is 18.9 Å². The first-order valence-corrected chi connectivity index (χ1v) is 3.51. The molecule has 0 saturated heterocycles. The van der Waals surface area contributed by atoms with Crippen LogP contribution < -0.4 is 5.43 Å². The number of hydrogen-bond donors (Lipinski definition) is 1. The minimum Gasteiger partial charge on any atom is -0.326 e. The maximum absolute atomic E-state index is 11.6. The number of alkyl halides is 3. The highest BCUT2D eigenvalue weighted by Gasteiger charge is 2.25. The van der Waals surface area contributed by atoms with Crippen molar-refractivity contribution in [1.82, 2.24) is 4.68 Å². The second-order valence-electron chi connectivity index (χ2n) is 2.36. The van der Waals surface area contributed by atoms with E-state index in [2.05, 4.69) is 5.43 Å². The van der Waals surface area contributed by atoms with E-state index in [1.807, 2.05) is 0 Å². The molecule has 0 amide bonds. The van der Waals surface area contributed by atoms with Crippen molar-refractivity contribution in [3.05, 3.63) is 24.5 Å². The first-order chi connectivity index (χ1) is 5.58. The molecule has 5 heteroatoms. The lowest BCUT2D eigenvalue weighted by atomic mass is 10.4. The Morgan fingerprint density at radius 2 is 1.75 bits per heavy atom. The standard InChI is InChI=1S/C7H9F3N2/c8-7(9,10)3-4-11-12-5-1-2-6-12/h1-2,5-6,11H,3-4H2. The Labute approximate surface area is 68.0 Å².